The zero-order chi connectivity index (χ0) is 17.4. The van der Waals surface area contributed by atoms with Crippen molar-refractivity contribution in [1.82, 2.24) is 10.2 Å². The lowest BCUT2D eigenvalue weighted by molar-refractivity contribution is -0.139. The van der Waals surface area contributed by atoms with Crippen LogP contribution in [0.5, 0.6) is 0 Å². The van der Waals surface area contributed by atoms with E-state index in [4.69, 9.17) is 5.11 Å². The Morgan fingerprint density at radius 1 is 1.32 bits per heavy atom. The summed E-state index contributed by atoms with van der Waals surface area (Å²) in [5.74, 6) is -0.436. The van der Waals surface area contributed by atoms with Gasteiger partial charge in [-0.25, -0.2) is 0 Å². The van der Waals surface area contributed by atoms with Crippen LogP contribution >= 0.6 is 11.8 Å². The maximum atomic E-state index is 11.0. The normalized spacial score (nSPS) is 11.0. The Morgan fingerprint density at radius 3 is 2.14 bits per heavy atom. The zero-order valence-electron chi connectivity index (χ0n) is 13.2. The number of carboxylic acid groups (broad SMARTS) is 1. The van der Waals surface area contributed by atoms with Gasteiger partial charge in [-0.1, -0.05) is 18.7 Å². The van der Waals surface area contributed by atoms with E-state index in [1.165, 1.54) is 0 Å². The summed E-state index contributed by atoms with van der Waals surface area (Å²) in [7, 11) is 0. The quantitative estimate of drug-likeness (QED) is 0.282. The molecule has 126 valence electrons. The molecule has 0 spiro atoms. The predicted octanol–water partition coefficient (Wildman–Crippen LogP) is 1.07. The summed E-state index contributed by atoms with van der Waals surface area (Å²) in [5.41, 5.74) is 4.53. The molecule has 0 saturated carbocycles. The number of nitrogens with one attached hydrogen (secondary N) is 1. The lowest BCUT2D eigenvalue weighted by atomic mass is 10.2. The van der Waals surface area contributed by atoms with Crippen LogP contribution in [0.25, 0.3) is 0 Å². The third-order valence-electron chi connectivity index (χ3n) is 2.45. The van der Waals surface area contributed by atoms with Crippen LogP contribution in [0.3, 0.4) is 0 Å². The van der Waals surface area contributed by atoms with Gasteiger partial charge >= 0.3 is 5.97 Å². The molecular weight excluding hydrogens is 302 g/mol. The number of primary amides is 1. The number of rotatable bonds is 12. The summed E-state index contributed by atoms with van der Waals surface area (Å²) >= 11 is 1.65. The van der Waals surface area contributed by atoms with Crippen molar-refractivity contribution < 1.29 is 14.7 Å². The van der Waals surface area contributed by atoms with Crippen molar-refractivity contribution in [3.8, 4) is 0 Å². The number of nitrogens with two attached hydrogens (primary N) is 1. The summed E-state index contributed by atoms with van der Waals surface area (Å²) in [5, 5.41) is 12.1. The van der Waals surface area contributed by atoms with E-state index in [-0.39, 0.29) is 0 Å². The number of amides is 1. The third-order valence-corrected chi connectivity index (χ3v) is 3.09. The standard InChI is InChI=1S/C12H22N2O2S.C3H5NO/c1-4-7-14(8-5-2)10-13-11(12(15)16)6-9-17-3;1-2-3(4)5/h4-5,11,13H,1-2,6-10H2,3H3,(H,15,16);2H,1H2,(H2,4,5)/t11-;/m0./s1. The van der Waals surface area contributed by atoms with E-state index in [9.17, 15) is 9.59 Å². The van der Waals surface area contributed by atoms with Crippen LogP contribution in [0.15, 0.2) is 38.0 Å². The zero-order valence-corrected chi connectivity index (χ0v) is 14.0. The van der Waals surface area contributed by atoms with Crippen LogP contribution in [0, 0.1) is 0 Å². The minimum atomic E-state index is -0.795. The third kappa shape index (κ3) is 14.8. The molecule has 0 radical (unpaired) electrons. The first-order valence-electron chi connectivity index (χ1n) is 6.74. The van der Waals surface area contributed by atoms with E-state index in [1.807, 2.05) is 11.2 Å². The molecule has 22 heavy (non-hydrogen) atoms. The largest absolute Gasteiger partial charge is 0.480 e. The molecule has 0 heterocycles. The Hall–Kier alpha value is -1.57. The molecule has 0 aliphatic heterocycles. The van der Waals surface area contributed by atoms with Gasteiger partial charge in [0.05, 0.1) is 0 Å². The highest BCUT2D eigenvalue weighted by Gasteiger charge is 2.16. The number of nitrogens with zero attached hydrogens (tertiary/aromatic N) is 1. The van der Waals surface area contributed by atoms with E-state index in [1.54, 1.807) is 23.9 Å². The van der Waals surface area contributed by atoms with Gasteiger partial charge in [0.25, 0.3) is 0 Å². The topological polar surface area (TPSA) is 95.7 Å². The molecule has 0 fully saturated rings. The molecule has 0 unspecified atom stereocenters. The van der Waals surface area contributed by atoms with Crippen molar-refractivity contribution >= 4 is 23.6 Å². The number of hydrogen-bond acceptors (Lipinski definition) is 5. The maximum absolute atomic E-state index is 11.0. The van der Waals surface area contributed by atoms with Crippen molar-refractivity contribution in [1.29, 1.82) is 0 Å². The van der Waals surface area contributed by atoms with E-state index in [2.05, 4.69) is 30.8 Å². The first-order chi connectivity index (χ1) is 10.4. The molecule has 0 aromatic heterocycles. The van der Waals surface area contributed by atoms with Crippen LogP contribution in [-0.4, -0.2) is 59.7 Å². The average Bonchev–Trinajstić information content (AvgIpc) is 2.47. The Balaban J connectivity index is 0. The van der Waals surface area contributed by atoms with Crippen molar-refractivity contribution in [2.24, 2.45) is 5.73 Å². The summed E-state index contributed by atoms with van der Waals surface area (Å²) < 4.78 is 0. The fraction of sp³-hybridized carbons (Fsp3) is 0.467. The average molecular weight is 329 g/mol. The van der Waals surface area contributed by atoms with E-state index < -0.39 is 17.9 Å². The van der Waals surface area contributed by atoms with Gasteiger partial charge in [0.15, 0.2) is 0 Å². The number of hydrogen-bond donors (Lipinski definition) is 3. The molecular formula is C15H27N3O3S. The Morgan fingerprint density at radius 2 is 1.82 bits per heavy atom. The first kappa shape index (κ1) is 22.7. The smallest absolute Gasteiger partial charge is 0.320 e. The molecule has 6 nitrogen and oxygen atoms in total. The van der Waals surface area contributed by atoms with Gasteiger partial charge in [-0.3, -0.25) is 19.8 Å². The van der Waals surface area contributed by atoms with Crippen LogP contribution in [0.2, 0.25) is 0 Å². The molecule has 1 amide bonds. The molecule has 4 N–H and O–H groups in total. The summed E-state index contributed by atoms with van der Waals surface area (Å²) in [6.07, 6.45) is 7.25. The Labute approximate surface area is 137 Å². The van der Waals surface area contributed by atoms with Gasteiger partial charge in [0.1, 0.15) is 6.04 Å². The monoisotopic (exact) mass is 329 g/mol. The lowest BCUT2D eigenvalue weighted by Crippen LogP contribution is -2.44. The molecule has 0 bridgehead atoms. The summed E-state index contributed by atoms with van der Waals surface area (Å²) in [6.45, 7) is 12.4. The van der Waals surface area contributed by atoms with Gasteiger partial charge in [0.2, 0.25) is 5.91 Å². The number of thioether (sulfide) groups is 1. The van der Waals surface area contributed by atoms with Crippen molar-refractivity contribution in [3.05, 3.63) is 38.0 Å². The van der Waals surface area contributed by atoms with Crippen LogP contribution in [0.4, 0.5) is 0 Å². The minimum absolute atomic E-state index is 0.481. The van der Waals surface area contributed by atoms with Crippen LogP contribution < -0.4 is 11.1 Å². The second-order valence-corrected chi connectivity index (χ2v) is 5.24. The fourth-order valence-electron chi connectivity index (χ4n) is 1.36. The highest BCUT2D eigenvalue weighted by molar-refractivity contribution is 7.98. The van der Waals surface area contributed by atoms with Crippen molar-refractivity contribution in [2.75, 3.05) is 31.8 Å². The van der Waals surface area contributed by atoms with Gasteiger partial charge < -0.3 is 10.8 Å². The number of carboxylic acids is 1. The van der Waals surface area contributed by atoms with Crippen LogP contribution in [-0.2, 0) is 9.59 Å². The maximum Gasteiger partial charge on any atom is 0.320 e. The van der Waals surface area contributed by atoms with Gasteiger partial charge in [-0.05, 0) is 24.5 Å². The Kier molecular flexibility index (Phi) is 16.3. The predicted molar refractivity (Wildman–Crippen MR) is 93.8 cm³/mol. The molecule has 0 aliphatic rings. The summed E-state index contributed by atoms with van der Waals surface area (Å²) in [6, 6.07) is -0.486. The second-order valence-electron chi connectivity index (χ2n) is 4.25. The fourth-order valence-corrected chi connectivity index (χ4v) is 1.83. The Bertz CT molecular complexity index is 352. The summed E-state index contributed by atoms with van der Waals surface area (Å²) in [4.78, 5) is 22.5. The first-order valence-corrected chi connectivity index (χ1v) is 8.13. The van der Waals surface area contributed by atoms with E-state index in [0.29, 0.717) is 26.2 Å². The highest BCUT2D eigenvalue weighted by atomic mass is 32.2. The van der Waals surface area contributed by atoms with Crippen LogP contribution in [0.1, 0.15) is 6.42 Å². The lowest BCUT2D eigenvalue weighted by Gasteiger charge is -2.22. The number of aliphatic carboxylic acids is 1. The van der Waals surface area contributed by atoms with E-state index >= 15 is 0 Å². The second kappa shape index (κ2) is 15.8. The van der Waals surface area contributed by atoms with E-state index in [0.717, 1.165) is 11.8 Å². The highest BCUT2D eigenvalue weighted by Crippen LogP contribution is 2.01. The minimum Gasteiger partial charge on any atom is -0.480 e. The van der Waals surface area contributed by atoms with Gasteiger partial charge in [-0.15, -0.1) is 13.2 Å². The van der Waals surface area contributed by atoms with Crippen molar-refractivity contribution in [2.45, 2.75) is 12.5 Å². The molecule has 7 heteroatoms. The van der Waals surface area contributed by atoms with Gasteiger partial charge in [0, 0.05) is 19.8 Å². The van der Waals surface area contributed by atoms with Crippen molar-refractivity contribution in [3.63, 3.8) is 0 Å². The molecule has 0 aliphatic carbocycles. The number of carbonyl (C=O) groups is 2. The molecule has 0 aromatic rings. The molecule has 0 rings (SSSR count). The molecule has 0 saturated heterocycles. The van der Waals surface area contributed by atoms with Gasteiger partial charge in [-0.2, -0.15) is 11.8 Å². The molecule has 0 aromatic carbocycles. The number of carbonyl (C=O) groups excluding carboxylic acids is 1. The SMILES string of the molecule is C=CC(N)=O.C=CCN(CC=C)CN[C@@H](CCSC)C(=O)O. The molecule has 1 atom stereocenters.